The zero-order valence-electron chi connectivity index (χ0n) is 28.2. The summed E-state index contributed by atoms with van der Waals surface area (Å²) in [6.45, 7) is 13.2. The molecule has 48 heavy (non-hydrogen) atoms. The number of aliphatic carboxylic acids is 1. The lowest BCUT2D eigenvalue weighted by Crippen LogP contribution is -2.27. The molecule has 270 valence electrons. The van der Waals surface area contributed by atoms with Crippen molar-refractivity contribution in [3.63, 3.8) is 0 Å². The van der Waals surface area contributed by atoms with E-state index in [9.17, 15) is 24.0 Å². The smallest absolute Gasteiger partial charge is 0.309 e. The Hall–Kier alpha value is -4.21. The molecule has 0 aromatic heterocycles. The third kappa shape index (κ3) is 20.8. The lowest BCUT2D eigenvalue weighted by atomic mass is 9.93. The number of carboxylic acid groups (broad SMARTS) is 1. The standard InChI is InChI=1S/C22H32O6.C14H18O4.2CH4/c1-16(2)18(14-20(24)27-15-17-10-7-6-8-11-17)21(25)26-13-9-12-19(23)28-22(3,4)5;1-10(2)12(14(16)17)8-13(15)18-9-11-6-4-3-5-7-11;;/h6-8,10-11,16,18H,9,12-15H2,1-5H3;3-7,10,12H,8-9H2,1-2H3,(H,16,17);2*1H4/t18-;12-;;/m00../s1. The van der Waals surface area contributed by atoms with Gasteiger partial charge in [0.25, 0.3) is 0 Å². The predicted octanol–water partition coefficient (Wildman–Crippen LogP) is 7.81. The molecule has 10 nitrogen and oxygen atoms in total. The van der Waals surface area contributed by atoms with Crippen LogP contribution in [0.2, 0.25) is 0 Å². The van der Waals surface area contributed by atoms with Gasteiger partial charge < -0.3 is 24.1 Å². The minimum Gasteiger partial charge on any atom is -0.481 e. The Kier molecular flexibility index (Phi) is 23.0. The number of esters is 4. The van der Waals surface area contributed by atoms with E-state index in [-0.39, 0.29) is 71.7 Å². The Balaban J connectivity index is 0. The highest BCUT2D eigenvalue weighted by Gasteiger charge is 2.28. The number of carboxylic acids is 1. The molecule has 0 aliphatic carbocycles. The summed E-state index contributed by atoms with van der Waals surface area (Å²) in [6.07, 6.45) is 0.440. The van der Waals surface area contributed by atoms with Crippen LogP contribution in [0, 0.1) is 23.7 Å². The first-order valence-electron chi connectivity index (χ1n) is 15.6. The Morgan fingerprint density at radius 2 is 1.06 bits per heavy atom. The van der Waals surface area contributed by atoms with Crippen LogP contribution < -0.4 is 0 Å². The summed E-state index contributed by atoms with van der Waals surface area (Å²) in [4.78, 5) is 58.6. The monoisotopic (exact) mass is 674 g/mol. The summed E-state index contributed by atoms with van der Waals surface area (Å²) in [6, 6.07) is 18.7. The van der Waals surface area contributed by atoms with Gasteiger partial charge in [0.05, 0.1) is 31.3 Å². The van der Waals surface area contributed by atoms with E-state index in [0.29, 0.717) is 6.42 Å². The van der Waals surface area contributed by atoms with Crippen LogP contribution in [0.15, 0.2) is 60.7 Å². The molecule has 0 unspecified atom stereocenters. The molecule has 0 amide bonds. The first kappa shape index (κ1) is 45.9. The van der Waals surface area contributed by atoms with E-state index in [1.54, 1.807) is 34.6 Å². The van der Waals surface area contributed by atoms with Gasteiger partial charge in [0.1, 0.15) is 18.8 Å². The van der Waals surface area contributed by atoms with Gasteiger partial charge in [0.15, 0.2) is 0 Å². The second-order valence-electron chi connectivity index (χ2n) is 12.6. The van der Waals surface area contributed by atoms with Crippen molar-refractivity contribution in [2.24, 2.45) is 23.7 Å². The van der Waals surface area contributed by atoms with Crippen molar-refractivity contribution in [2.45, 2.75) is 108 Å². The molecule has 0 radical (unpaired) electrons. The van der Waals surface area contributed by atoms with E-state index >= 15 is 0 Å². The molecule has 0 fully saturated rings. The van der Waals surface area contributed by atoms with Gasteiger partial charge in [0, 0.05) is 6.42 Å². The van der Waals surface area contributed by atoms with Gasteiger partial charge in [-0.2, -0.15) is 0 Å². The number of ether oxygens (including phenoxy) is 4. The molecule has 2 aromatic rings. The second kappa shape index (κ2) is 24.0. The zero-order valence-corrected chi connectivity index (χ0v) is 28.2. The van der Waals surface area contributed by atoms with Crippen LogP contribution in [0.3, 0.4) is 0 Å². The molecule has 0 saturated carbocycles. The van der Waals surface area contributed by atoms with E-state index in [1.165, 1.54) is 0 Å². The van der Waals surface area contributed by atoms with Crippen molar-refractivity contribution in [3.05, 3.63) is 71.8 Å². The molecule has 2 atom stereocenters. The van der Waals surface area contributed by atoms with E-state index in [0.717, 1.165) is 11.1 Å². The molecule has 0 aliphatic heterocycles. The van der Waals surface area contributed by atoms with Gasteiger partial charge in [-0.15, -0.1) is 0 Å². The summed E-state index contributed by atoms with van der Waals surface area (Å²) in [5.41, 5.74) is 1.25. The van der Waals surface area contributed by atoms with Gasteiger partial charge in [-0.3, -0.25) is 24.0 Å². The third-order valence-corrected chi connectivity index (χ3v) is 6.68. The van der Waals surface area contributed by atoms with Crippen LogP contribution in [0.4, 0.5) is 0 Å². The maximum absolute atomic E-state index is 12.3. The molecular weight excluding hydrogens is 616 g/mol. The van der Waals surface area contributed by atoms with Gasteiger partial charge in [-0.25, -0.2) is 0 Å². The Bertz CT molecular complexity index is 1220. The van der Waals surface area contributed by atoms with E-state index in [2.05, 4.69) is 0 Å². The number of carbonyl (C=O) groups is 5. The molecule has 0 aliphatic rings. The normalized spacial score (nSPS) is 11.8. The maximum Gasteiger partial charge on any atom is 0.309 e. The number of carbonyl (C=O) groups excluding carboxylic acids is 4. The highest BCUT2D eigenvalue weighted by Crippen LogP contribution is 2.19. The molecule has 2 aromatic carbocycles. The molecule has 0 heterocycles. The topological polar surface area (TPSA) is 143 Å². The Labute approximate surface area is 287 Å². The van der Waals surface area contributed by atoms with Crippen LogP contribution in [0.1, 0.15) is 100 Å². The summed E-state index contributed by atoms with van der Waals surface area (Å²) in [5.74, 6) is -4.06. The fourth-order valence-electron chi connectivity index (χ4n) is 4.04. The lowest BCUT2D eigenvalue weighted by Gasteiger charge is -2.20. The molecule has 1 N–H and O–H groups in total. The number of benzene rings is 2. The van der Waals surface area contributed by atoms with Crippen molar-refractivity contribution < 1.29 is 48.0 Å². The Morgan fingerprint density at radius 3 is 1.44 bits per heavy atom. The van der Waals surface area contributed by atoms with E-state index in [4.69, 9.17) is 24.1 Å². The number of rotatable bonds is 16. The van der Waals surface area contributed by atoms with Gasteiger partial charge in [0.2, 0.25) is 0 Å². The average Bonchev–Trinajstić information content (AvgIpc) is 2.98. The van der Waals surface area contributed by atoms with Gasteiger partial charge in [-0.1, -0.05) is 103 Å². The summed E-state index contributed by atoms with van der Waals surface area (Å²) in [7, 11) is 0. The van der Waals surface area contributed by atoms with Crippen LogP contribution in [-0.4, -0.2) is 47.2 Å². The summed E-state index contributed by atoms with van der Waals surface area (Å²) >= 11 is 0. The quantitative estimate of drug-likeness (QED) is 0.106. The largest absolute Gasteiger partial charge is 0.481 e. The van der Waals surface area contributed by atoms with Gasteiger partial charge in [-0.05, 0) is 50.2 Å². The minimum atomic E-state index is -0.957. The fraction of sp³-hybridized carbons (Fsp3) is 0.553. The highest BCUT2D eigenvalue weighted by atomic mass is 16.6. The van der Waals surface area contributed by atoms with Crippen LogP contribution in [-0.2, 0) is 56.1 Å². The van der Waals surface area contributed by atoms with E-state index < -0.39 is 41.3 Å². The lowest BCUT2D eigenvalue weighted by molar-refractivity contribution is -0.159. The molecule has 0 bridgehead atoms. The van der Waals surface area contributed by atoms with Crippen molar-refractivity contribution >= 4 is 29.8 Å². The maximum atomic E-state index is 12.3. The second-order valence-corrected chi connectivity index (χ2v) is 12.6. The Morgan fingerprint density at radius 1 is 0.646 bits per heavy atom. The molecule has 10 heteroatoms. The fourth-order valence-corrected chi connectivity index (χ4v) is 4.04. The number of hydrogen-bond donors (Lipinski definition) is 1. The number of hydrogen-bond acceptors (Lipinski definition) is 9. The van der Waals surface area contributed by atoms with Crippen molar-refractivity contribution in [1.29, 1.82) is 0 Å². The highest BCUT2D eigenvalue weighted by molar-refractivity contribution is 5.80. The van der Waals surface area contributed by atoms with Crippen LogP contribution in [0.5, 0.6) is 0 Å². The zero-order chi connectivity index (χ0) is 34.7. The predicted molar refractivity (Wildman–Crippen MR) is 186 cm³/mol. The van der Waals surface area contributed by atoms with Crippen molar-refractivity contribution in [1.82, 2.24) is 0 Å². The van der Waals surface area contributed by atoms with Crippen LogP contribution >= 0.6 is 0 Å². The summed E-state index contributed by atoms with van der Waals surface area (Å²) < 4.78 is 20.8. The van der Waals surface area contributed by atoms with Crippen LogP contribution in [0.25, 0.3) is 0 Å². The average molecular weight is 675 g/mol. The first-order valence-corrected chi connectivity index (χ1v) is 15.6. The van der Waals surface area contributed by atoms with E-state index in [1.807, 2.05) is 74.5 Å². The first-order chi connectivity index (χ1) is 21.6. The molecular formula is C38H58O10. The molecule has 0 saturated heterocycles. The third-order valence-electron chi connectivity index (χ3n) is 6.68. The van der Waals surface area contributed by atoms with Gasteiger partial charge >= 0.3 is 29.8 Å². The minimum absolute atomic E-state index is 0. The summed E-state index contributed by atoms with van der Waals surface area (Å²) in [5, 5.41) is 8.97. The van der Waals surface area contributed by atoms with Crippen molar-refractivity contribution in [3.8, 4) is 0 Å². The SMILES string of the molecule is C.C.CC(C)[C@H](CC(=O)OCc1ccccc1)C(=O)O.CC(C)[C@H](CC(=O)OCc1ccccc1)C(=O)OCCCC(=O)OC(C)(C)C. The molecule has 0 spiro atoms. The van der Waals surface area contributed by atoms with Crippen molar-refractivity contribution in [2.75, 3.05) is 6.61 Å². The molecule has 2 rings (SSSR count).